The Kier molecular flexibility index (Phi) is 10.3. The molecule has 0 bridgehead atoms. The highest BCUT2D eigenvalue weighted by atomic mass is 32.1. The van der Waals surface area contributed by atoms with E-state index in [0.29, 0.717) is 10.7 Å². The maximum atomic E-state index is 13.2. The second-order valence-corrected chi connectivity index (χ2v) is 17.7. The van der Waals surface area contributed by atoms with Gasteiger partial charge in [-0.2, -0.15) is 0 Å². The van der Waals surface area contributed by atoms with Crippen molar-refractivity contribution in [3.05, 3.63) is 96.0 Å². The third-order valence-corrected chi connectivity index (χ3v) is 12.9. The van der Waals surface area contributed by atoms with Crippen LogP contribution < -0.4 is 21.0 Å². The molecule has 0 aliphatic carbocycles. The molecule has 45 heavy (non-hydrogen) atoms. The van der Waals surface area contributed by atoms with E-state index in [1.54, 1.807) is 50.4 Å². The highest BCUT2D eigenvalue weighted by Crippen LogP contribution is 2.37. The molecule has 236 valence electrons. The molecular formula is C34H39N3O6SSi. The summed E-state index contributed by atoms with van der Waals surface area (Å²) in [4.78, 5) is 42.1. The number of amides is 2. The monoisotopic (exact) mass is 645 g/mol. The Bertz CT molecular complexity index is 1570. The van der Waals surface area contributed by atoms with Crippen molar-refractivity contribution in [1.82, 2.24) is 10.3 Å². The fourth-order valence-corrected chi connectivity index (χ4v) is 10.4. The molecule has 4 rings (SSSR count). The number of hydrogen-bond donors (Lipinski definition) is 3. The molecular weight excluding hydrogens is 607 g/mol. The fraction of sp³-hybridized carbons (Fsp3) is 0.294. The summed E-state index contributed by atoms with van der Waals surface area (Å²) in [5, 5.41) is 19.2. The molecule has 1 unspecified atom stereocenters. The Hall–Kier alpha value is -4.32. The first-order valence-corrected chi connectivity index (χ1v) is 17.3. The Morgan fingerprint density at radius 1 is 0.867 bits per heavy atom. The van der Waals surface area contributed by atoms with Crippen molar-refractivity contribution < 1.29 is 28.7 Å². The molecule has 0 spiro atoms. The molecule has 0 radical (unpaired) electrons. The van der Waals surface area contributed by atoms with Crippen molar-refractivity contribution >= 4 is 53.7 Å². The molecule has 0 fully saturated rings. The third-order valence-electron chi connectivity index (χ3n) is 7.00. The summed E-state index contributed by atoms with van der Waals surface area (Å²) in [6.45, 7) is 11.4. The molecule has 3 aromatic carbocycles. The molecule has 11 heteroatoms. The molecule has 1 aromatic heterocycles. The Morgan fingerprint density at radius 2 is 1.42 bits per heavy atom. The normalized spacial score (nSPS) is 12.7. The number of carbonyl (C=O) groups is 3. The van der Waals surface area contributed by atoms with E-state index < -0.39 is 37.9 Å². The maximum absolute atomic E-state index is 13.2. The molecule has 1 atom stereocenters. The predicted molar refractivity (Wildman–Crippen MR) is 180 cm³/mol. The van der Waals surface area contributed by atoms with Gasteiger partial charge in [-0.25, -0.2) is 14.6 Å². The lowest BCUT2D eigenvalue weighted by molar-refractivity contribution is -0.140. The van der Waals surface area contributed by atoms with Gasteiger partial charge < -0.3 is 19.6 Å². The molecule has 0 saturated heterocycles. The topological polar surface area (TPSA) is 127 Å². The SMILES string of the molecule is CC(C)(C)OC(=O)Nc1ccc(-c2nc(C(=O)NC(CO[Si](c3ccccc3)(c3ccccc3)C(C)(C)C)C(=O)O)cs2)cc1. The number of hydrogen-bond acceptors (Lipinski definition) is 7. The first-order valence-electron chi connectivity index (χ1n) is 14.5. The fourth-order valence-electron chi connectivity index (χ4n) is 5.01. The van der Waals surface area contributed by atoms with E-state index in [9.17, 15) is 19.5 Å². The first kappa shape index (κ1) is 33.6. The van der Waals surface area contributed by atoms with E-state index in [4.69, 9.17) is 9.16 Å². The van der Waals surface area contributed by atoms with Gasteiger partial charge >= 0.3 is 12.1 Å². The van der Waals surface area contributed by atoms with Crippen molar-refractivity contribution in [2.24, 2.45) is 0 Å². The van der Waals surface area contributed by atoms with Crippen LogP contribution >= 0.6 is 11.3 Å². The van der Waals surface area contributed by atoms with Crippen molar-refractivity contribution in [1.29, 1.82) is 0 Å². The van der Waals surface area contributed by atoms with Crippen LogP contribution in [0.15, 0.2) is 90.3 Å². The van der Waals surface area contributed by atoms with Gasteiger partial charge in [-0.1, -0.05) is 81.4 Å². The Morgan fingerprint density at radius 3 is 1.91 bits per heavy atom. The third kappa shape index (κ3) is 8.24. The number of benzene rings is 3. The molecule has 0 aliphatic rings. The minimum atomic E-state index is -3.02. The van der Waals surface area contributed by atoms with Crippen LogP contribution in [0.4, 0.5) is 10.5 Å². The van der Waals surface area contributed by atoms with E-state index in [0.717, 1.165) is 15.9 Å². The first-order chi connectivity index (χ1) is 21.2. The zero-order valence-corrected chi connectivity index (χ0v) is 28.1. The number of carboxylic acids is 1. The van der Waals surface area contributed by atoms with Gasteiger partial charge in [0.15, 0.2) is 0 Å². The molecule has 0 aliphatic heterocycles. The average Bonchev–Trinajstić information content (AvgIpc) is 3.47. The summed E-state index contributed by atoms with van der Waals surface area (Å²) in [7, 11) is -3.02. The Balaban J connectivity index is 1.50. The minimum Gasteiger partial charge on any atom is -0.480 e. The van der Waals surface area contributed by atoms with Gasteiger partial charge in [0.05, 0.1) is 6.61 Å². The van der Waals surface area contributed by atoms with Crippen LogP contribution in [-0.2, 0) is 14.0 Å². The second-order valence-electron chi connectivity index (χ2n) is 12.6. The van der Waals surface area contributed by atoms with Gasteiger partial charge in [-0.15, -0.1) is 11.3 Å². The zero-order chi connectivity index (χ0) is 32.8. The highest BCUT2D eigenvalue weighted by molar-refractivity contribution is 7.13. The van der Waals surface area contributed by atoms with E-state index in [1.165, 1.54) is 11.3 Å². The van der Waals surface area contributed by atoms with Crippen LogP contribution in [-0.4, -0.2) is 54.6 Å². The van der Waals surface area contributed by atoms with Crippen molar-refractivity contribution in [2.75, 3.05) is 11.9 Å². The van der Waals surface area contributed by atoms with Crippen LogP contribution in [0.3, 0.4) is 0 Å². The number of rotatable bonds is 10. The molecule has 0 saturated carbocycles. The van der Waals surface area contributed by atoms with Crippen LogP contribution in [0.5, 0.6) is 0 Å². The van der Waals surface area contributed by atoms with Crippen LogP contribution in [0.1, 0.15) is 52.0 Å². The van der Waals surface area contributed by atoms with Gasteiger partial charge in [0, 0.05) is 16.6 Å². The summed E-state index contributed by atoms with van der Waals surface area (Å²) >= 11 is 1.25. The lowest BCUT2D eigenvalue weighted by Gasteiger charge is -2.43. The summed E-state index contributed by atoms with van der Waals surface area (Å²) in [5.41, 5.74) is 0.767. The Labute approximate surface area is 268 Å². The number of anilines is 1. The average molecular weight is 646 g/mol. The quantitative estimate of drug-likeness (QED) is 0.183. The van der Waals surface area contributed by atoms with E-state index in [-0.39, 0.29) is 17.3 Å². The lowest BCUT2D eigenvalue weighted by atomic mass is 10.2. The number of nitrogens with zero attached hydrogens (tertiary/aromatic N) is 1. The van der Waals surface area contributed by atoms with Crippen LogP contribution in [0.2, 0.25) is 5.04 Å². The van der Waals surface area contributed by atoms with Gasteiger partial charge in [-0.3, -0.25) is 10.1 Å². The highest BCUT2D eigenvalue weighted by Gasteiger charge is 2.50. The van der Waals surface area contributed by atoms with Crippen LogP contribution in [0.25, 0.3) is 10.6 Å². The summed E-state index contributed by atoms with van der Waals surface area (Å²) in [6, 6.07) is 25.4. The number of carbonyl (C=O) groups excluding carboxylic acids is 2. The summed E-state index contributed by atoms with van der Waals surface area (Å²) in [6.07, 6.45) is -0.560. The van der Waals surface area contributed by atoms with E-state index in [1.807, 2.05) is 60.7 Å². The van der Waals surface area contributed by atoms with E-state index >= 15 is 0 Å². The van der Waals surface area contributed by atoms with Gasteiger partial charge in [0.2, 0.25) is 0 Å². The van der Waals surface area contributed by atoms with Gasteiger partial charge in [-0.05, 0) is 60.4 Å². The molecule has 9 nitrogen and oxygen atoms in total. The number of thiazole rings is 1. The second kappa shape index (κ2) is 13.8. The number of nitrogens with one attached hydrogen (secondary N) is 2. The molecule has 1 heterocycles. The van der Waals surface area contributed by atoms with Crippen LogP contribution in [0, 0.1) is 0 Å². The van der Waals surface area contributed by atoms with Crippen molar-refractivity contribution in [3.8, 4) is 10.6 Å². The van der Waals surface area contributed by atoms with E-state index in [2.05, 4.69) is 36.4 Å². The molecule has 4 aromatic rings. The van der Waals surface area contributed by atoms with Crippen molar-refractivity contribution in [2.45, 2.75) is 58.2 Å². The van der Waals surface area contributed by atoms with Gasteiger partial charge in [0.25, 0.3) is 14.2 Å². The number of carboxylic acid groups (broad SMARTS) is 1. The van der Waals surface area contributed by atoms with Gasteiger partial charge in [0.1, 0.15) is 22.3 Å². The maximum Gasteiger partial charge on any atom is 0.412 e. The number of ether oxygens (including phenoxy) is 1. The summed E-state index contributed by atoms with van der Waals surface area (Å²) < 4.78 is 12.0. The largest absolute Gasteiger partial charge is 0.480 e. The smallest absolute Gasteiger partial charge is 0.412 e. The lowest BCUT2D eigenvalue weighted by Crippen LogP contribution is -2.67. The standard InChI is InChI=1S/C34H39N3O6SSi/c1-33(2,3)43-32(41)35-24-19-17-23(18-20-24)30-37-28(22-44-30)29(38)36-27(31(39)40)21-42-45(34(4,5)6,25-13-9-7-10-14-25)26-15-11-8-12-16-26/h7-20,22,27H,21H2,1-6H3,(H,35,41)(H,36,38)(H,39,40). The predicted octanol–water partition coefficient (Wildman–Crippen LogP) is 5.92. The number of aromatic nitrogens is 1. The van der Waals surface area contributed by atoms with Crippen molar-refractivity contribution in [3.63, 3.8) is 0 Å². The molecule has 3 N–H and O–H groups in total. The minimum absolute atomic E-state index is 0.0997. The number of aliphatic carboxylic acids is 1. The zero-order valence-electron chi connectivity index (χ0n) is 26.3. The summed E-state index contributed by atoms with van der Waals surface area (Å²) in [5.74, 6) is -1.82. The molecule has 2 amide bonds.